The molecule has 0 N–H and O–H groups in total. The lowest BCUT2D eigenvalue weighted by Gasteiger charge is -2.04. The Labute approximate surface area is 107 Å². The van der Waals surface area contributed by atoms with Crippen LogP contribution in [0.2, 0.25) is 0 Å². The molecule has 1 aliphatic rings. The summed E-state index contributed by atoms with van der Waals surface area (Å²) in [6.45, 7) is 1.99. The molecular weight excluding hydrogens is 246 g/mol. The van der Waals surface area contributed by atoms with Crippen LogP contribution in [-0.2, 0) is 0 Å². The van der Waals surface area contributed by atoms with Gasteiger partial charge in [0.1, 0.15) is 5.69 Å². The number of aromatic nitrogens is 5. The van der Waals surface area contributed by atoms with Gasteiger partial charge < -0.3 is 0 Å². The zero-order chi connectivity index (χ0) is 12.1. The Morgan fingerprint density at radius 1 is 1.33 bits per heavy atom. The third-order valence-electron chi connectivity index (χ3n) is 3.22. The molecule has 0 amide bonds. The lowest BCUT2D eigenvalue weighted by Crippen LogP contribution is -2.00. The Balaban J connectivity index is 1.92. The lowest BCUT2D eigenvalue weighted by atomic mass is 10.2. The van der Waals surface area contributed by atoms with Gasteiger partial charge in [-0.15, -0.1) is 16.4 Å². The van der Waals surface area contributed by atoms with E-state index in [1.807, 2.05) is 23.3 Å². The van der Waals surface area contributed by atoms with Crippen LogP contribution in [-0.4, -0.2) is 25.0 Å². The largest absolute Gasteiger partial charge is 0.252 e. The third-order valence-corrected chi connectivity index (χ3v) is 4.01. The molecule has 0 aromatic carbocycles. The van der Waals surface area contributed by atoms with E-state index in [2.05, 4.69) is 26.3 Å². The molecule has 0 saturated heterocycles. The predicted molar refractivity (Wildman–Crippen MR) is 69.4 cm³/mol. The van der Waals surface area contributed by atoms with Crippen LogP contribution in [0.4, 0.5) is 0 Å². The van der Waals surface area contributed by atoms with Crippen molar-refractivity contribution >= 4 is 21.6 Å². The molecule has 3 aromatic heterocycles. The van der Waals surface area contributed by atoms with Crippen LogP contribution < -0.4 is 0 Å². The number of rotatable bonds is 2. The summed E-state index contributed by atoms with van der Waals surface area (Å²) in [5.74, 6) is 0. The summed E-state index contributed by atoms with van der Waals surface area (Å²) in [5, 5.41) is 8.42. The summed E-state index contributed by atoms with van der Waals surface area (Å²) in [6, 6.07) is 2.59. The number of pyridine rings is 1. The smallest absolute Gasteiger partial charge is 0.110 e. The fraction of sp³-hybridized carbons (Fsp3) is 0.333. The van der Waals surface area contributed by atoms with Crippen LogP contribution in [0.1, 0.15) is 24.6 Å². The molecule has 1 fully saturated rings. The minimum absolute atomic E-state index is 0.514. The zero-order valence-corrected chi connectivity index (χ0v) is 10.7. The molecular formula is C12H11N5S. The molecule has 18 heavy (non-hydrogen) atoms. The second-order valence-corrected chi connectivity index (χ2v) is 5.48. The number of nitrogens with zero attached hydrogens (tertiary/aromatic N) is 5. The monoisotopic (exact) mass is 257 g/mol. The summed E-state index contributed by atoms with van der Waals surface area (Å²) in [4.78, 5) is 8.75. The van der Waals surface area contributed by atoms with Gasteiger partial charge in [0.25, 0.3) is 0 Å². The molecule has 0 spiro atoms. The first kappa shape index (κ1) is 10.1. The van der Waals surface area contributed by atoms with Crippen molar-refractivity contribution in [3.63, 3.8) is 0 Å². The van der Waals surface area contributed by atoms with Crippen LogP contribution >= 0.6 is 11.3 Å². The van der Waals surface area contributed by atoms with Crippen molar-refractivity contribution in [2.45, 2.75) is 25.8 Å². The van der Waals surface area contributed by atoms with Gasteiger partial charge in [-0.2, -0.15) is 0 Å². The van der Waals surface area contributed by atoms with Gasteiger partial charge in [-0.1, -0.05) is 5.21 Å². The normalized spacial score (nSPS) is 15.4. The highest BCUT2D eigenvalue weighted by Gasteiger charge is 2.29. The maximum Gasteiger partial charge on any atom is 0.110 e. The van der Waals surface area contributed by atoms with Crippen LogP contribution in [0.15, 0.2) is 17.8 Å². The Morgan fingerprint density at radius 2 is 2.22 bits per heavy atom. The van der Waals surface area contributed by atoms with Crippen molar-refractivity contribution in [1.82, 2.24) is 25.0 Å². The minimum Gasteiger partial charge on any atom is -0.252 e. The first-order chi connectivity index (χ1) is 8.83. The van der Waals surface area contributed by atoms with Gasteiger partial charge in [0, 0.05) is 0 Å². The highest BCUT2D eigenvalue weighted by atomic mass is 32.1. The van der Waals surface area contributed by atoms with Crippen LogP contribution in [0.3, 0.4) is 0 Å². The van der Waals surface area contributed by atoms with Gasteiger partial charge in [0.2, 0.25) is 0 Å². The average molecular weight is 257 g/mol. The fourth-order valence-corrected chi connectivity index (χ4v) is 2.83. The predicted octanol–water partition coefficient (Wildman–Crippen LogP) is 2.59. The van der Waals surface area contributed by atoms with Gasteiger partial charge >= 0.3 is 0 Å². The number of thiazole rings is 1. The number of hydrogen-bond acceptors (Lipinski definition) is 5. The molecule has 5 nitrogen and oxygen atoms in total. The lowest BCUT2D eigenvalue weighted by molar-refractivity contribution is 0.615. The molecule has 1 saturated carbocycles. The molecule has 3 heterocycles. The Kier molecular flexibility index (Phi) is 2.02. The molecule has 0 atom stereocenters. The summed E-state index contributed by atoms with van der Waals surface area (Å²) in [6.07, 6.45) is 4.21. The van der Waals surface area contributed by atoms with Crippen molar-refractivity contribution in [3.05, 3.63) is 23.5 Å². The SMILES string of the molecule is Cc1nnn(C2CC2)c1-c1cc2scnc2cn1. The third kappa shape index (κ3) is 1.45. The first-order valence-electron chi connectivity index (χ1n) is 5.94. The molecule has 0 radical (unpaired) electrons. The van der Waals surface area contributed by atoms with E-state index in [1.54, 1.807) is 11.3 Å². The molecule has 1 aliphatic carbocycles. The van der Waals surface area contributed by atoms with Crippen LogP contribution in [0.25, 0.3) is 21.6 Å². The maximum atomic E-state index is 4.50. The molecule has 3 aromatic rings. The van der Waals surface area contributed by atoms with E-state index < -0.39 is 0 Å². The van der Waals surface area contributed by atoms with Crippen LogP contribution in [0, 0.1) is 6.92 Å². The number of fused-ring (bicyclic) bond motifs is 1. The highest BCUT2D eigenvalue weighted by Crippen LogP contribution is 2.38. The number of aryl methyl sites for hydroxylation is 1. The highest BCUT2D eigenvalue weighted by molar-refractivity contribution is 7.16. The van der Waals surface area contributed by atoms with Crippen molar-refractivity contribution in [2.75, 3.05) is 0 Å². The van der Waals surface area contributed by atoms with E-state index in [0.717, 1.165) is 27.3 Å². The molecule has 6 heteroatoms. The van der Waals surface area contributed by atoms with Crippen molar-refractivity contribution in [2.24, 2.45) is 0 Å². The summed E-state index contributed by atoms with van der Waals surface area (Å²) in [5.41, 5.74) is 5.73. The topological polar surface area (TPSA) is 56.5 Å². The molecule has 4 rings (SSSR count). The first-order valence-corrected chi connectivity index (χ1v) is 6.82. The second-order valence-electron chi connectivity index (χ2n) is 4.59. The zero-order valence-electron chi connectivity index (χ0n) is 9.87. The Bertz CT molecular complexity index is 725. The van der Waals surface area contributed by atoms with E-state index >= 15 is 0 Å². The maximum absolute atomic E-state index is 4.50. The quantitative estimate of drug-likeness (QED) is 0.708. The van der Waals surface area contributed by atoms with E-state index in [-0.39, 0.29) is 0 Å². The van der Waals surface area contributed by atoms with Crippen molar-refractivity contribution in [3.8, 4) is 11.4 Å². The molecule has 0 aliphatic heterocycles. The molecule has 0 unspecified atom stereocenters. The van der Waals surface area contributed by atoms with Gasteiger partial charge in [-0.3, -0.25) is 4.98 Å². The van der Waals surface area contributed by atoms with Gasteiger partial charge in [0.05, 0.1) is 39.4 Å². The van der Waals surface area contributed by atoms with Crippen LogP contribution in [0.5, 0.6) is 0 Å². The minimum atomic E-state index is 0.514. The summed E-state index contributed by atoms with van der Waals surface area (Å²) < 4.78 is 3.17. The number of hydrogen-bond donors (Lipinski definition) is 0. The summed E-state index contributed by atoms with van der Waals surface area (Å²) in [7, 11) is 0. The van der Waals surface area contributed by atoms with Crippen molar-refractivity contribution < 1.29 is 0 Å². The average Bonchev–Trinajstić information content (AvgIpc) is 2.99. The van der Waals surface area contributed by atoms with E-state index in [4.69, 9.17) is 0 Å². The molecule has 90 valence electrons. The van der Waals surface area contributed by atoms with Gasteiger partial charge in [-0.25, -0.2) is 9.67 Å². The van der Waals surface area contributed by atoms with E-state index in [1.165, 1.54) is 12.8 Å². The van der Waals surface area contributed by atoms with Gasteiger partial charge in [-0.05, 0) is 25.8 Å². The second kappa shape index (κ2) is 3.58. The standard InChI is InChI=1S/C12H11N5S/c1-7-12(17(16-15-7)8-2-3-8)9-4-11-10(5-13-9)14-6-18-11/h4-6,8H,2-3H2,1H3. The summed E-state index contributed by atoms with van der Waals surface area (Å²) >= 11 is 1.63. The van der Waals surface area contributed by atoms with Crippen molar-refractivity contribution in [1.29, 1.82) is 0 Å². The fourth-order valence-electron chi connectivity index (χ4n) is 2.14. The van der Waals surface area contributed by atoms with E-state index in [9.17, 15) is 0 Å². The van der Waals surface area contributed by atoms with Gasteiger partial charge in [0.15, 0.2) is 0 Å². The Morgan fingerprint density at radius 3 is 3.06 bits per heavy atom. The molecule has 0 bridgehead atoms. The Hall–Kier alpha value is -1.82. The van der Waals surface area contributed by atoms with E-state index in [0.29, 0.717) is 6.04 Å².